The van der Waals surface area contributed by atoms with E-state index in [2.05, 4.69) is 5.32 Å². The van der Waals surface area contributed by atoms with Crippen LogP contribution in [0.2, 0.25) is 0 Å². The Morgan fingerprint density at radius 3 is 2.62 bits per heavy atom. The van der Waals surface area contributed by atoms with E-state index in [0.29, 0.717) is 31.1 Å². The van der Waals surface area contributed by atoms with E-state index in [1.807, 2.05) is 0 Å². The van der Waals surface area contributed by atoms with Crippen LogP contribution in [0.1, 0.15) is 30.1 Å². The van der Waals surface area contributed by atoms with Crippen molar-refractivity contribution < 1.29 is 23.5 Å². The van der Waals surface area contributed by atoms with Crippen LogP contribution in [0.3, 0.4) is 0 Å². The Bertz CT molecular complexity index is 497. The molecule has 0 fully saturated rings. The predicted octanol–water partition coefficient (Wildman–Crippen LogP) is 3.23. The molecule has 21 heavy (non-hydrogen) atoms. The van der Waals surface area contributed by atoms with E-state index in [4.69, 9.17) is 5.11 Å². The number of thioether (sulfide) groups is 1. The number of aliphatic carboxylic acids is 1. The van der Waals surface area contributed by atoms with Gasteiger partial charge >= 0.3 is 5.97 Å². The van der Waals surface area contributed by atoms with Gasteiger partial charge in [-0.3, -0.25) is 9.59 Å². The number of hydrogen-bond donors (Lipinski definition) is 2. The second kappa shape index (κ2) is 8.61. The van der Waals surface area contributed by atoms with Crippen molar-refractivity contribution in [1.29, 1.82) is 0 Å². The van der Waals surface area contributed by atoms with E-state index in [0.717, 1.165) is 0 Å². The highest BCUT2D eigenvalue weighted by Gasteiger charge is 2.15. The molecule has 0 bridgehead atoms. The summed E-state index contributed by atoms with van der Waals surface area (Å²) in [6, 6.07) is 6.16. The third-order valence-electron chi connectivity index (χ3n) is 2.87. The van der Waals surface area contributed by atoms with Crippen LogP contribution in [0.15, 0.2) is 29.2 Å². The summed E-state index contributed by atoms with van der Waals surface area (Å²) in [4.78, 5) is 22.8. The maximum absolute atomic E-state index is 12.4. The number of carboxylic acid groups (broad SMARTS) is 1. The van der Waals surface area contributed by atoms with Crippen molar-refractivity contribution >= 4 is 23.6 Å². The van der Waals surface area contributed by atoms with Gasteiger partial charge in [0, 0.05) is 11.4 Å². The van der Waals surface area contributed by atoms with E-state index in [1.54, 1.807) is 19.1 Å². The number of nitrogens with one attached hydrogen (secondary N) is 1. The van der Waals surface area contributed by atoms with Gasteiger partial charge in [0.15, 0.2) is 0 Å². The molecular formula is C14H17F2NO3S. The number of carboxylic acids is 1. The fourth-order valence-corrected chi connectivity index (χ4v) is 2.32. The Morgan fingerprint density at radius 2 is 2.00 bits per heavy atom. The highest BCUT2D eigenvalue weighted by atomic mass is 32.2. The monoisotopic (exact) mass is 317 g/mol. The van der Waals surface area contributed by atoms with Crippen LogP contribution in [-0.2, 0) is 4.79 Å². The van der Waals surface area contributed by atoms with E-state index >= 15 is 0 Å². The standard InChI is InChI=1S/C14H17F2NO3S/c1-9(13(19)20)5-4-8-17-12(18)10-6-2-3-7-11(10)21-14(15)16/h2-3,6-7,9,14H,4-5,8H2,1H3,(H,17,18)(H,19,20). The minimum atomic E-state index is -2.59. The number of hydrogen-bond acceptors (Lipinski definition) is 3. The van der Waals surface area contributed by atoms with Crippen molar-refractivity contribution in [2.24, 2.45) is 5.92 Å². The Kier molecular flexibility index (Phi) is 7.14. The number of benzene rings is 1. The minimum absolute atomic E-state index is 0.203. The zero-order valence-corrected chi connectivity index (χ0v) is 12.3. The molecule has 1 atom stereocenters. The molecule has 0 aliphatic rings. The summed E-state index contributed by atoms with van der Waals surface area (Å²) in [5.74, 6) is -4.36. The number of carbonyl (C=O) groups is 2. The van der Waals surface area contributed by atoms with Crippen molar-refractivity contribution in [3.05, 3.63) is 29.8 Å². The molecule has 7 heteroatoms. The van der Waals surface area contributed by atoms with Crippen LogP contribution in [0.5, 0.6) is 0 Å². The Morgan fingerprint density at radius 1 is 1.33 bits per heavy atom. The SMILES string of the molecule is CC(CCCNC(=O)c1ccccc1SC(F)F)C(=O)O. The molecule has 1 aromatic carbocycles. The van der Waals surface area contributed by atoms with Gasteiger partial charge in [-0.2, -0.15) is 8.78 Å². The largest absolute Gasteiger partial charge is 0.481 e. The summed E-state index contributed by atoms with van der Waals surface area (Å²) in [5, 5.41) is 11.3. The molecular weight excluding hydrogens is 300 g/mol. The summed E-state index contributed by atoms with van der Waals surface area (Å²) in [6.07, 6.45) is 0.965. The molecule has 0 radical (unpaired) electrons. The smallest absolute Gasteiger partial charge is 0.306 e. The molecule has 0 saturated heterocycles. The Labute approximate surface area is 125 Å². The lowest BCUT2D eigenvalue weighted by molar-refractivity contribution is -0.141. The molecule has 0 saturated carbocycles. The molecule has 116 valence electrons. The molecule has 0 spiro atoms. The lowest BCUT2D eigenvalue weighted by atomic mass is 10.1. The van der Waals surface area contributed by atoms with Crippen LogP contribution in [0.25, 0.3) is 0 Å². The zero-order chi connectivity index (χ0) is 15.8. The number of carbonyl (C=O) groups excluding carboxylic acids is 1. The third-order valence-corrected chi connectivity index (χ3v) is 3.66. The summed E-state index contributed by atoms with van der Waals surface area (Å²) in [5.41, 5.74) is 0.203. The van der Waals surface area contributed by atoms with Gasteiger partial charge in [0.05, 0.1) is 11.5 Å². The van der Waals surface area contributed by atoms with E-state index < -0.39 is 23.6 Å². The van der Waals surface area contributed by atoms with E-state index in [9.17, 15) is 18.4 Å². The molecule has 0 aromatic heterocycles. The highest BCUT2D eigenvalue weighted by molar-refractivity contribution is 7.99. The molecule has 1 rings (SSSR count). The van der Waals surface area contributed by atoms with Crippen LogP contribution in [0, 0.1) is 5.92 Å². The van der Waals surface area contributed by atoms with Crippen molar-refractivity contribution in [2.45, 2.75) is 30.4 Å². The molecule has 4 nitrogen and oxygen atoms in total. The first-order chi connectivity index (χ1) is 9.91. The number of halogens is 2. The van der Waals surface area contributed by atoms with Gasteiger partial charge in [0.25, 0.3) is 11.7 Å². The number of amides is 1. The third kappa shape index (κ3) is 6.12. The zero-order valence-electron chi connectivity index (χ0n) is 11.5. The summed E-state index contributed by atoms with van der Waals surface area (Å²) < 4.78 is 24.8. The fraction of sp³-hybridized carbons (Fsp3) is 0.429. The Balaban J connectivity index is 2.50. The van der Waals surface area contributed by atoms with Gasteiger partial charge in [-0.05, 0) is 25.0 Å². The van der Waals surface area contributed by atoms with Crippen LogP contribution < -0.4 is 5.32 Å². The second-order valence-corrected chi connectivity index (χ2v) is 5.54. The normalized spacial score (nSPS) is 12.2. The predicted molar refractivity (Wildman–Crippen MR) is 76.7 cm³/mol. The van der Waals surface area contributed by atoms with Gasteiger partial charge in [-0.25, -0.2) is 0 Å². The molecule has 1 amide bonds. The maximum Gasteiger partial charge on any atom is 0.306 e. The number of alkyl halides is 2. The summed E-state index contributed by atoms with van der Waals surface area (Å²) in [7, 11) is 0. The van der Waals surface area contributed by atoms with Gasteiger partial charge in [-0.1, -0.05) is 30.8 Å². The van der Waals surface area contributed by atoms with Gasteiger partial charge in [-0.15, -0.1) is 0 Å². The molecule has 1 unspecified atom stereocenters. The minimum Gasteiger partial charge on any atom is -0.481 e. The van der Waals surface area contributed by atoms with E-state index in [1.165, 1.54) is 12.1 Å². The molecule has 0 aliphatic carbocycles. The maximum atomic E-state index is 12.4. The van der Waals surface area contributed by atoms with Crippen LogP contribution in [0.4, 0.5) is 8.78 Å². The molecule has 2 N–H and O–H groups in total. The van der Waals surface area contributed by atoms with Crippen molar-refractivity contribution in [2.75, 3.05) is 6.54 Å². The van der Waals surface area contributed by atoms with Gasteiger partial charge < -0.3 is 10.4 Å². The molecule has 0 heterocycles. The lowest BCUT2D eigenvalue weighted by Gasteiger charge is -2.10. The van der Waals surface area contributed by atoms with Crippen molar-refractivity contribution in [1.82, 2.24) is 5.32 Å². The van der Waals surface area contributed by atoms with Gasteiger partial charge in [0.1, 0.15) is 0 Å². The topological polar surface area (TPSA) is 66.4 Å². The lowest BCUT2D eigenvalue weighted by Crippen LogP contribution is -2.25. The first-order valence-corrected chi connectivity index (χ1v) is 7.34. The molecule has 0 aliphatic heterocycles. The second-order valence-electron chi connectivity index (χ2n) is 4.51. The van der Waals surface area contributed by atoms with Crippen LogP contribution >= 0.6 is 11.8 Å². The average Bonchev–Trinajstić information content (AvgIpc) is 2.42. The fourth-order valence-electron chi connectivity index (χ4n) is 1.68. The van der Waals surface area contributed by atoms with Crippen molar-refractivity contribution in [3.63, 3.8) is 0 Å². The van der Waals surface area contributed by atoms with Gasteiger partial charge in [0.2, 0.25) is 0 Å². The average molecular weight is 317 g/mol. The molecule has 1 aromatic rings. The Hall–Kier alpha value is -1.63. The number of rotatable bonds is 8. The first kappa shape index (κ1) is 17.4. The van der Waals surface area contributed by atoms with Crippen LogP contribution in [-0.4, -0.2) is 29.3 Å². The first-order valence-electron chi connectivity index (χ1n) is 6.46. The summed E-state index contributed by atoms with van der Waals surface area (Å²) >= 11 is 0.330. The quantitative estimate of drug-likeness (QED) is 0.570. The van der Waals surface area contributed by atoms with Crippen molar-refractivity contribution in [3.8, 4) is 0 Å². The summed E-state index contributed by atoms with van der Waals surface area (Å²) in [6.45, 7) is 1.91. The van der Waals surface area contributed by atoms with E-state index in [-0.39, 0.29) is 10.5 Å². The highest BCUT2D eigenvalue weighted by Crippen LogP contribution is 2.28.